The van der Waals surface area contributed by atoms with Crippen molar-refractivity contribution in [1.82, 2.24) is 15.2 Å². The van der Waals surface area contributed by atoms with Crippen molar-refractivity contribution in [1.29, 1.82) is 0 Å². The molecule has 1 aliphatic heterocycles. The lowest BCUT2D eigenvalue weighted by atomic mass is 9.95. The van der Waals surface area contributed by atoms with E-state index in [4.69, 9.17) is 0 Å². The van der Waals surface area contributed by atoms with Crippen LogP contribution in [0.2, 0.25) is 0 Å². The highest BCUT2D eigenvalue weighted by molar-refractivity contribution is 5.21. The highest BCUT2D eigenvalue weighted by Crippen LogP contribution is 2.40. The first-order chi connectivity index (χ1) is 9.17. The number of nitrogens with one attached hydrogen (secondary N) is 1. The molecule has 0 spiro atoms. The minimum absolute atomic E-state index is 0.331. The van der Waals surface area contributed by atoms with Gasteiger partial charge in [-0.1, -0.05) is 0 Å². The Morgan fingerprint density at radius 1 is 1.47 bits per heavy atom. The van der Waals surface area contributed by atoms with Gasteiger partial charge in [0.25, 0.3) is 0 Å². The zero-order valence-corrected chi connectivity index (χ0v) is 12.2. The molecule has 1 N–H and O–H groups in total. The van der Waals surface area contributed by atoms with Crippen molar-refractivity contribution in [3.05, 3.63) is 29.6 Å². The van der Waals surface area contributed by atoms with Crippen LogP contribution in [0.4, 0.5) is 0 Å². The molecule has 0 bridgehead atoms. The average Bonchev–Trinajstić information content (AvgIpc) is 3.20. The molecule has 0 amide bonds. The first-order valence-corrected chi connectivity index (χ1v) is 7.54. The normalized spacial score (nSPS) is 29.2. The van der Waals surface area contributed by atoms with E-state index in [2.05, 4.69) is 35.1 Å². The van der Waals surface area contributed by atoms with Gasteiger partial charge in [0.1, 0.15) is 0 Å². The molecule has 1 aliphatic carbocycles. The zero-order chi connectivity index (χ0) is 13.3. The molecule has 0 aromatic carbocycles. The first-order valence-electron chi connectivity index (χ1n) is 7.54. The van der Waals surface area contributed by atoms with E-state index in [9.17, 15) is 0 Å². The lowest BCUT2D eigenvalue weighted by Crippen LogP contribution is -2.50. The topological polar surface area (TPSA) is 28.2 Å². The molecule has 1 unspecified atom stereocenters. The fourth-order valence-corrected chi connectivity index (χ4v) is 3.33. The number of hydrogen-bond acceptors (Lipinski definition) is 3. The Morgan fingerprint density at radius 3 is 3.05 bits per heavy atom. The predicted molar refractivity (Wildman–Crippen MR) is 78.0 cm³/mol. The van der Waals surface area contributed by atoms with Crippen LogP contribution in [0.15, 0.2) is 18.5 Å². The summed E-state index contributed by atoms with van der Waals surface area (Å²) in [5, 5.41) is 3.80. The molecule has 0 radical (unpaired) electrons. The maximum absolute atomic E-state index is 4.19. The Morgan fingerprint density at radius 2 is 2.32 bits per heavy atom. The molecule has 1 aromatic rings. The van der Waals surface area contributed by atoms with Gasteiger partial charge in [0.05, 0.1) is 0 Å². The van der Waals surface area contributed by atoms with Crippen molar-refractivity contribution < 1.29 is 0 Å². The van der Waals surface area contributed by atoms with Crippen LogP contribution in [0.5, 0.6) is 0 Å². The summed E-state index contributed by atoms with van der Waals surface area (Å²) in [5.74, 6) is 0.895. The van der Waals surface area contributed by atoms with E-state index in [0.717, 1.165) is 12.5 Å². The Kier molecular flexibility index (Phi) is 3.59. The number of nitrogens with zero attached hydrogens (tertiary/aromatic N) is 2. The van der Waals surface area contributed by atoms with Crippen molar-refractivity contribution in [3.63, 3.8) is 0 Å². The maximum Gasteiger partial charge on any atom is 0.0308 e. The third-order valence-corrected chi connectivity index (χ3v) is 4.74. The summed E-state index contributed by atoms with van der Waals surface area (Å²) in [6.45, 7) is 9.20. The summed E-state index contributed by atoms with van der Waals surface area (Å²) in [5.41, 5.74) is 3.07. The van der Waals surface area contributed by atoms with E-state index in [1.165, 1.54) is 50.0 Å². The summed E-state index contributed by atoms with van der Waals surface area (Å²) in [4.78, 5) is 6.82. The molecule has 1 saturated heterocycles. The van der Waals surface area contributed by atoms with E-state index < -0.39 is 0 Å². The van der Waals surface area contributed by atoms with E-state index in [1.54, 1.807) is 0 Å². The van der Waals surface area contributed by atoms with E-state index in [0.29, 0.717) is 5.54 Å². The number of hydrogen-bond donors (Lipinski definition) is 1. The number of aryl methyl sites for hydroxylation is 1. The van der Waals surface area contributed by atoms with Crippen molar-refractivity contribution in [2.24, 2.45) is 5.92 Å². The van der Waals surface area contributed by atoms with E-state index in [1.807, 2.05) is 12.4 Å². The van der Waals surface area contributed by atoms with Crippen molar-refractivity contribution >= 4 is 0 Å². The highest BCUT2D eigenvalue weighted by Gasteiger charge is 2.42. The van der Waals surface area contributed by atoms with Crippen LogP contribution in [-0.2, 0) is 6.54 Å². The van der Waals surface area contributed by atoms with Gasteiger partial charge in [-0.3, -0.25) is 9.88 Å². The molecule has 1 aromatic heterocycles. The quantitative estimate of drug-likeness (QED) is 0.903. The second kappa shape index (κ2) is 5.22. The standard InChI is InChI=1S/C16H25N3/c1-13-10-17-8-6-14(13)11-19-9-3-7-18-16(2,12-19)15-4-5-15/h6,8,10,15,18H,3-5,7,9,11-12H2,1-2H3. The van der Waals surface area contributed by atoms with Crippen molar-refractivity contribution in [3.8, 4) is 0 Å². The summed E-state index contributed by atoms with van der Waals surface area (Å²) in [6.07, 6.45) is 7.97. The molecule has 2 heterocycles. The molecule has 1 saturated carbocycles. The summed E-state index contributed by atoms with van der Waals surface area (Å²) in [7, 11) is 0. The molecular formula is C16H25N3. The minimum Gasteiger partial charge on any atom is -0.310 e. The minimum atomic E-state index is 0.331. The highest BCUT2D eigenvalue weighted by atomic mass is 15.2. The van der Waals surface area contributed by atoms with Crippen LogP contribution < -0.4 is 5.32 Å². The van der Waals surface area contributed by atoms with Gasteiger partial charge in [-0.25, -0.2) is 0 Å². The number of pyridine rings is 1. The molecule has 2 fully saturated rings. The Labute approximate surface area is 116 Å². The van der Waals surface area contributed by atoms with Gasteiger partial charge in [-0.15, -0.1) is 0 Å². The zero-order valence-electron chi connectivity index (χ0n) is 12.2. The monoisotopic (exact) mass is 259 g/mol. The molecule has 19 heavy (non-hydrogen) atoms. The second-order valence-corrected chi connectivity index (χ2v) is 6.48. The van der Waals surface area contributed by atoms with Crippen LogP contribution >= 0.6 is 0 Å². The first kappa shape index (κ1) is 13.1. The van der Waals surface area contributed by atoms with Gasteiger partial charge in [0.2, 0.25) is 0 Å². The van der Waals surface area contributed by atoms with Crippen molar-refractivity contribution in [2.75, 3.05) is 19.6 Å². The summed E-state index contributed by atoms with van der Waals surface area (Å²) < 4.78 is 0. The molecule has 3 rings (SSSR count). The average molecular weight is 259 g/mol. The Hall–Kier alpha value is -0.930. The second-order valence-electron chi connectivity index (χ2n) is 6.48. The third kappa shape index (κ3) is 2.98. The van der Waals surface area contributed by atoms with Gasteiger partial charge < -0.3 is 5.32 Å². The Bertz CT molecular complexity index is 441. The lowest BCUT2D eigenvalue weighted by Gasteiger charge is -2.34. The van der Waals surface area contributed by atoms with Gasteiger partial charge in [0, 0.05) is 31.0 Å². The fraction of sp³-hybridized carbons (Fsp3) is 0.688. The number of aromatic nitrogens is 1. The Balaban J connectivity index is 1.71. The van der Waals surface area contributed by atoms with Gasteiger partial charge in [0.15, 0.2) is 0 Å². The van der Waals surface area contributed by atoms with Gasteiger partial charge in [-0.05, 0) is 69.3 Å². The summed E-state index contributed by atoms with van der Waals surface area (Å²) in [6, 6.07) is 2.17. The SMILES string of the molecule is Cc1cnccc1CN1CCCNC(C)(C2CC2)C1. The van der Waals surface area contributed by atoms with Crippen LogP contribution in [-0.4, -0.2) is 35.1 Å². The smallest absolute Gasteiger partial charge is 0.0308 e. The predicted octanol–water partition coefficient (Wildman–Crippen LogP) is 2.35. The third-order valence-electron chi connectivity index (χ3n) is 4.74. The molecule has 2 aliphatic rings. The van der Waals surface area contributed by atoms with Crippen LogP contribution in [0.1, 0.15) is 37.3 Å². The van der Waals surface area contributed by atoms with Crippen LogP contribution in [0, 0.1) is 12.8 Å². The van der Waals surface area contributed by atoms with Crippen molar-refractivity contribution in [2.45, 2.75) is 45.2 Å². The number of rotatable bonds is 3. The van der Waals surface area contributed by atoms with Gasteiger partial charge >= 0.3 is 0 Å². The lowest BCUT2D eigenvalue weighted by molar-refractivity contribution is 0.194. The maximum atomic E-state index is 4.19. The van der Waals surface area contributed by atoms with E-state index >= 15 is 0 Å². The molecule has 3 nitrogen and oxygen atoms in total. The molecule has 104 valence electrons. The van der Waals surface area contributed by atoms with Crippen LogP contribution in [0.25, 0.3) is 0 Å². The largest absolute Gasteiger partial charge is 0.310 e. The molecule has 3 heteroatoms. The van der Waals surface area contributed by atoms with E-state index in [-0.39, 0.29) is 0 Å². The van der Waals surface area contributed by atoms with Gasteiger partial charge in [-0.2, -0.15) is 0 Å². The summed E-state index contributed by atoms with van der Waals surface area (Å²) >= 11 is 0. The molecular weight excluding hydrogens is 234 g/mol. The fourth-order valence-electron chi connectivity index (χ4n) is 3.33. The van der Waals surface area contributed by atoms with Crippen LogP contribution in [0.3, 0.4) is 0 Å². The molecule has 1 atom stereocenters.